The topological polar surface area (TPSA) is 74.9 Å². The highest BCUT2D eigenvalue weighted by molar-refractivity contribution is 5.79. The molecule has 0 aliphatic carbocycles. The Hall–Kier alpha value is -2.04. The lowest BCUT2D eigenvalue weighted by Gasteiger charge is -2.07. The highest BCUT2D eigenvalue weighted by Gasteiger charge is 2.16. The van der Waals surface area contributed by atoms with Crippen LogP contribution in [-0.4, -0.2) is 15.3 Å². The van der Waals surface area contributed by atoms with Crippen molar-refractivity contribution in [3.05, 3.63) is 29.7 Å². The van der Waals surface area contributed by atoms with Crippen LogP contribution in [0, 0.1) is 12.7 Å². The fourth-order valence-electron chi connectivity index (χ4n) is 1.42. The highest BCUT2D eigenvalue weighted by atomic mass is 19.1. The fraction of sp³-hybridized carbons (Fsp3) is 0.100. The number of nitrogens with one attached hydrogen (secondary N) is 1. The molecule has 15 heavy (non-hydrogen) atoms. The maximum absolute atomic E-state index is 13.5. The molecule has 0 saturated heterocycles. The van der Waals surface area contributed by atoms with E-state index < -0.39 is 5.82 Å². The number of hydrogen-bond donors (Lipinski definition) is 3. The summed E-state index contributed by atoms with van der Waals surface area (Å²) in [6.07, 6.45) is 1.38. The zero-order valence-corrected chi connectivity index (χ0v) is 8.08. The molecular formula is C10H10FN3O. The summed E-state index contributed by atoms with van der Waals surface area (Å²) in [6.45, 7) is 1.69. The monoisotopic (exact) mass is 207 g/mol. The van der Waals surface area contributed by atoms with Gasteiger partial charge in [-0.15, -0.1) is 0 Å². The molecule has 5 heteroatoms. The predicted molar refractivity (Wildman–Crippen MR) is 54.8 cm³/mol. The van der Waals surface area contributed by atoms with Crippen molar-refractivity contribution in [3.63, 3.8) is 0 Å². The summed E-state index contributed by atoms with van der Waals surface area (Å²) in [5.41, 5.74) is 6.61. The van der Waals surface area contributed by atoms with Crippen LogP contribution in [-0.2, 0) is 0 Å². The first-order valence-electron chi connectivity index (χ1n) is 4.38. The molecule has 0 fully saturated rings. The summed E-state index contributed by atoms with van der Waals surface area (Å²) >= 11 is 0. The second-order valence-corrected chi connectivity index (χ2v) is 3.29. The predicted octanol–water partition coefficient (Wildman–Crippen LogP) is 1.81. The van der Waals surface area contributed by atoms with Crippen LogP contribution in [0.3, 0.4) is 0 Å². The third-order valence-electron chi connectivity index (χ3n) is 2.27. The van der Waals surface area contributed by atoms with E-state index in [2.05, 4.69) is 10.2 Å². The van der Waals surface area contributed by atoms with Gasteiger partial charge in [0.05, 0.1) is 17.3 Å². The van der Waals surface area contributed by atoms with Crippen molar-refractivity contribution in [1.29, 1.82) is 0 Å². The zero-order valence-electron chi connectivity index (χ0n) is 8.08. The molecule has 0 radical (unpaired) electrons. The number of hydrogen-bond acceptors (Lipinski definition) is 3. The lowest BCUT2D eigenvalue weighted by atomic mass is 10.0. The molecule has 0 saturated carbocycles. The number of nitrogens with two attached hydrogens (primary N) is 1. The minimum Gasteiger partial charge on any atom is -0.507 e. The maximum atomic E-state index is 13.5. The highest BCUT2D eigenvalue weighted by Crippen LogP contribution is 2.36. The molecule has 2 aromatic rings. The molecule has 2 rings (SSSR count). The van der Waals surface area contributed by atoms with Gasteiger partial charge in [-0.1, -0.05) is 6.07 Å². The Labute approximate surface area is 85.6 Å². The van der Waals surface area contributed by atoms with Crippen molar-refractivity contribution in [2.45, 2.75) is 6.92 Å². The van der Waals surface area contributed by atoms with Crippen molar-refractivity contribution < 1.29 is 9.50 Å². The first-order chi connectivity index (χ1) is 7.11. The minimum atomic E-state index is -0.522. The van der Waals surface area contributed by atoms with E-state index in [-0.39, 0.29) is 17.1 Å². The van der Waals surface area contributed by atoms with E-state index in [0.717, 1.165) is 0 Å². The van der Waals surface area contributed by atoms with Crippen LogP contribution in [0.25, 0.3) is 11.1 Å². The van der Waals surface area contributed by atoms with Crippen LogP contribution in [0.1, 0.15) is 5.56 Å². The summed E-state index contributed by atoms with van der Waals surface area (Å²) in [4.78, 5) is 0. The number of nitrogen functional groups attached to an aromatic ring is 1. The van der Waals surface area contributed by atoms with Crippen LogP contribution in [0.2, 0.25) is 0 Å². The summed E-state index contributed by atoms with van der Waals surface area (Å²) < 4.78 is 13.5. The quantitative estimate of drug-likeness (QED) is 0.667. The van der Waals surface area contributed by atoms with Gasteiger partial charge in [-0.2, -0.15) is 5.10 Å². The zero-order chi connectivity index (χ0) is 11.0. The molecule has 78 valence electrons. The summed E-state index contributed by atoms with van der Waals surface area (Å²) in [5, 5.41) is 15.9. The average Bonchev–Trinajstić information content (AvgIpc) is 2.60. The van der Waals surface area contributed by atoms with Crippen LogP contribution < -0.4 is 5.73 Å². The molecule has 0 spiro atoms. The largest absolute Gasteiger partial charge is 0.507 e. The third-order valence-corrected chi connectivity index (χ3v) is 2.27. The number of nitrogens with zero attached hydrogens (tertiary/aromatic N) is 1. The molecule has 0 unspecified atom stereocenters. The molecule has 0 bridgehead atoms. The Morgan fingerprint density at radius 1 is 1.47 bits per heavy atom. The summed E-state index contributed by atoms with van der Waals surface area (Å²) in [7, 11) is 0. The van der Waals surface area contributed by atoms with Gasteiger partial charge in [0, 0.05) is 0 Å². The van der Waals surface area contributed by atoms with Crippen molar-refractivity contribution in [3.8, 4) is 16.9 Å². The van der Waals surface area contributed by atoms with Crippen molar-refractivity contribution in [2.75, 3.05) is 5.73 Å². The number of aromatic nitrogens is 2. The lowest BCUT2D eigenvalue weighted by Crippen LogP contribution is -1.92. The Bertz CT molecular complexity index is 507. The van der Waals surface area contributed by atoms with Crippen LogP contribution >= 0.6 is 0 Å². The van der Waals surface area contributed by atoms with E-state index in [0.29, 0.717) is 11.1 Å². The number of anilines is 1. The Kier molecular flexibility index (Phi) is 2.07. The SMILES string of the molecule is Cc1ccc(F)c(-c2cn[nH]c2N)c1O. The second kappa shape index (κ2) is 3.27. The van der Waals surface area contributed by atoms with Crippen molar-refractivity contribution in [1.82, 2.24) is 10.2 Å². The van der Waals surface area contributed by atoms with E-state index in [9.17, 15) is 9.50 Å². The number of aromatic hydroxyl groups is 1. The Morgan fingerprint density at radius 2 is 2.20 bits per heavy atom. The second-order valence-electron chi connectivity index (χ2n) is 3.29. The first kappa shape index (κ1) is 9.51. The van der Waals surface area contributed by atoms with E-state index >= 15 is 0 Å². The normalized spacial score (nSPS) is 10.5. The number of phenolic OH excluding ortho intramolecular Hbond substituents is 1. The fourth-order valence-corrected chi connectivity index (χ4v) is 1.42. The molecule has 0 aliphatic heterocycles. The van der Waals surface area contributed by atoms with Crippen LogP contribution in [0.4, 0.5) is 10.2 Å². The molecule has 1 aromatic heterocycles. The molecule has 1 aromatic carbocycles. The summed E-state index contributed by atoms with van der Waals surface area (Å²) in [6, 6.07) is 2.79. The minimum absolute atomic E-state index is 0.0845. The molecule has 0 atom stereocenters. The van der Waals surface area contributed by atoms with Crippen molar-refractivity contribution >= 4 is 5.82 Å². The number of halogens is 1. The smallest absolute Gasteiger partial charge is 0.134 e. The maximum Gasteiger partial charge on any atom is 0.134 e. The molecular weight excluding hydrogens is 197 g/mol. The third kappa shape index (κ3) is 1.41. The van der Waals surface area contributed by atoms with Gasteiger partial charge in [0.25, 0.3) is 0 Å². The Morgan fingerprint density at radius 3 is 2.80 bits per heavy atom. The lowest BCUT2D eigenvalue weighted by molar-refractivity contribution is 0.468. The Balaban J connectivity index is 2.72. The molecule has 4 N–H and O–H groups in total. The molecule has 0 aliphatic rings. The number of phenols is 1. The average molecular weight is 207 g/mol. The number of benzene rings is 1. The van der Waals surface area contributed by atoms with Gasteiger partial charge in [-0.25, -0.2) is 4.39 Å². The van der Waals surface area contributed by atoms with Gasteiger partial charge in [0.2, 0.25) is 0 Å². The van der Waals surface area contributed by atoms with E-state index in [1.54, 1.807) is 6.92 Å². The van der Waals surface area contributed by atoms with Gasteiger partial charge in [0.1, 0.15) is 17.4 Å². The molecule has 1 heterocycles. The molecule has 4 nitrogen and oxygen atoms in total. The number of aromatic amines is 1. The van der Waals surface area contributed by atoms with E-state index in [4.69, 9.17) is 5.73 Å². The van der Waals surface area contributed by atoms with E-state index in [1.165, 1.54) is 18.3 Å². The van der Waals surface area contributed by atoms with Gasteiger partial charge in [-0.05, 0) is 18.6 Å². The summed E-state index contributed by atoms with van der Waals surface area (Å²) in [5.74, 6) is -0.399. The van der Waals surface area contributed by atoms with Crippen LogP contribution in [0.5, 0.6) is 5.75 Å². The first-order valence-corrected chi connectivity index (χ1v) is 4.38. The van der Waals surface area contributed by atoms with Gasteiger partial charge >= 0.3 is 0 Å². The number of H-pyrrole nitrogens is 1. The van der Waals surface area contributed by atoms with Crippen molar-refractivity contribution in [2.24, 2.45) is 0 Å². The number of rotatable bonds is 1. The van der Waals surface area contributed by atoms with E-state index in [1.807, 2.05) is 0 Å². The van der Waals surface area contributed by atoms with Gasteiger partial charge < -0.3 is 10.8 Å². The molecule has 0 amide bonds. The standard InChI is InChI=1S/C10H10FN3O/c1-5-2-3-7(11)8(9(5)15)6-4-13-14-10(6)12/h2-4,15H,1H3,(H3,12,13,14). The van der Waals surface area contributed by atoms with Crippen LogP contribution in [0.15, 0.2) is 18.3 Å². The number of aryl methyl sites for hydroxylation is 1. The van der Waals surface area contributed by atoms with Gasteiger partial charge in [-0.3, -0.25) is 5.10 Å². The van der Waals surface area contributed by atoms with Gasteiger partial charge in [0.15, 0.2) is 0 Å².